The van der Waals surface area contributed by atoms with Crippen LogP contribution in [-0.4, -0.2) is 42.1 Å². The van der Waals surface area contributed by atoms with Crippen LogP contribution < -0.4 is 10.6 Å². The standard InChI is InChI=1S/C15H18FN3O3/c1-8(2)18-12-10(4-3-5-11(12)16)13(14(18)20)19-9(6-17)7-22-15(19)21/h3-5,8-9,13H,6-7,17H2,1-2H3. The lowest BCUT2D eigenvalue weighted by atomic mass is 10.1. The van der Waals surface area contributed by atoms with Crippen LogP contribution in [0.4, 0.5) is 14.9 Å². The number of rotatable bonds is 3. The van der Waals surface area contributed by atoms with Crippen molar-refractivity contribution in [3.05, 3.63) is 29.6 Å². The monoisotopic (exact) mass is 307 g/mol. The van der Waals surface area contributed by atoms with Crippen molar-refractivity contribution >= 4 is 17.7 Å². The summed E-state index contributed by atoms with van der Waals surface area (Å²) >= 11 is 0. The van der Waals surface area contributed by atoms with Crippen LogP contribution in [0.3, 0.4) is 0 Å². The van der Waals surface area contributed by atoms with E-state index in [9.17, 15) is 14.0 Å². The zero-order chi connectivity index (χ0) is 16.0. The number of benzene rings is 1. The second-order valence-corrected chi connectivity index (χ2v) is 5.76. The molecule has 118 valence electrons. The van der Waals surface area contributed by atoms with Crippen molar-refractivity contribution < 1.29 is 18.7 Å². The van der Waals surface area contributed by atoms with Gasteiger partial charge in [-0.05, 0) is 19.9 Å². The molecule has 1 fully saturated rings. The molecule has 1 aromatic rings. The third kappa shape index (κ3) is 1.96. The van der Waals surface area contributed by atoms with E-state index in [0.29, 0.717) is 5.56 Å². The zero-order valence-electron chi connectivity index (χ0n) is 12.5. The minimum atomic E-state index is -0.878. The minimum Gasteiger partial charge on any atom is -0.447 e. The number of amides is 2. The lowest BCUT2D eigenvalue weighted by Gasteiger charge is -2.27. The van der Waals surface area contributed by atoms with Gasteiger partial charge in [-0.15, -0.1) is 0 Å². The largest absolute Gasteiger partial charge is 0.447 e. The Hall–Kier alpha value is -2.15. The van der Waals surface area contributed by atoms with Gasteiger partial charge in [0.05, 0.1) is 11.7 Å². The summed E-state index contributed by atoms with van der Waals surface area (Å²) in [7, 11) is 0. The van der Waals surface area contributed by atoms with E-state index < -0.39 is 18.0 Å². The molecule has 2 amide bonds. The normalized spacial score (nSPS) is 24.2. The molecular weight excluding hydrogens is 289 g/mol. The molecule has 0 spiro atoms. The Morgan fingerprint density at radius 2 is 2.14 bits per heavy atom. The van der Waals surface area contributed by atoms with Crippen molar-refractivity contribution in [1.29, 1.82) is 0 Å². The van der Waals surface area contributed by atoms with Crippen LogP contribution in [0.2, 0.25) is 0 Å². The fourth-order valence-corrected chi connectivity index (χ4v) is 3.13. The molecule has 2 unspecified atom stereocenters. The quantitative estimate of drug-likeness (QED) is 0.916. The van der Waals surface area contributed by atoms with E-state index in [1.165, 1.54) is 21.9 Å². The molecule has 2 N–H and O–H groups in total. The summed E-state index contributed by atoms with van der Waals surface area (Å²) in [5, 5.41) is 0. The van der Waals surface area contributed by atoms with Crippen molar-refractivity contribution in [3.63, 3.8) is 0 Å². The highest BCUT2D eigenvalue weighted by atomic mass is 19.1. The summed E-state index contributed by atoms with van der Waals surface area (Å²) in [6.07, 6.45) is -0.588. The number of carbonyl (C=O) groups excluding carboxylic acids is 2. The number of hydrogen-bond acceptors (Lipinski definition) is 4. The lowest BCUT2D eigenvalue weighted by Crippen LogP contribution is -2.46. The predicted octanol–water partition coefficient (Wildman–Crippen LogP) is 1.40. The van der Waals surface area contributed by atoms with Crippen LogP contribution in [-0.2, 0) is 9.53 Å². The van der Waals surface area contributed by atoms with Crippen LogP contribution >= 0.6 is 0 Å². The molecule has 0 aliphatic carbocycles. The maximum atomic E-state index is 14.3. The average molecular weight is 307 g/mol. The summed E-state index contributed by atoms with van der Waals surface area (Å²) < 4.78 is 19.3. The number of ether oxygens (including phenoxy) is 1. The average Bonchev–Trinajstić information content (AvgIpc) is 2.97. The second kappa shape index (κ2) is 5.24. The number of hydrogen-bond donors (Lipinski definition) is 1. The van der Waals surface area contributed by atoms with E-state index in [4.69, 9.17) is 10.5 Å². The van der Waals surface area contributed by atoms with E-state index in [1.807, 2.05) is 0 Å². The molecule has 0 aromatic heterocycles. The summed E-state index contributed by atoms with van der Waals surface area (Å²) in [6.45, 7) is 3.94. The van der Waals surface area contributed by atoms with Gasteiger partial charge in [0.15, 0.2) is 0 Å². The maximum absolute atomic E-state index is 14.3. The topological polar surface area (TPSA) is 75.9 Å². The number of nitrogens with zero attached hydrogens (tertiary/aromatic N) is 2. The van der Waals surface area contributed by atoms with Gasteiger partial charge in [-0.1, -0.05) is 12.1 Å². The van der Waals surface area contributed by atoms with E-state index in [2.05, 4.69) is 0 Å². The molecule has 6 nitrogen and oxygen atoms in total. The molecule has 7 heteroatoms. The van der Waals surface area contributed by atoms with Gasteiger partial charge >= 0.3 is 6.09 Å². The first-order valence-electron chi connectivity index (χ1n) is 7.24. The molecule has 2 aliphatic rings. The molecule has 2 atom stereocenters. The third-order valence-corrected chi connectivity index (χ3v) is 4.09. The zero-order valence-corrected chi connectivity index (χ0v) is 12.5. The van der Waals surface area contributed by atoms with Gasteiger partial charge in [-0.25, -0.2) is 9.18 Å². The van der Waals surface area contributed by atoms with Gasteiger partial charge in [0, 0.05) is 18.2 Å². The van der Waals surface area contributed by atoms with Crippen LogP contribution in [0.5, 0.6) is 0 Å². The van der Waals surface area contributed by atoms with E-state index in [0.717, 1.165) is 0 Å². The molecule has 0 saturated carbocycles. The van der Waals surface area contributed by atoms with Crippen LogP contribution in [0.25, 0.3) is 0 Å². The summed E-state index contributed by atoms with van der Waals surface area (Å²) in [5.41, 5.74) is 6.39. The highest BCUT2D eigenvalue weighted by molar-refractivity contribution is 6.06. The second-order valence-electron chi connectivity index (χ2n) is 5.76. The Balaban J connectivity index is 2.12. The minimum absolute atomic E-state index is 0.144. The van der Waals surface area contributed by atoms with Crippen molar-refractivity contribution in [2.75, 3.05) is 18.1 Å². The number of halogens is 1. The highest BCUT2D eigenvalue weighted by Crippen LogP contribution is 2.43. The lowest BCUT2D eigenvalue weighted by molar-refractivity contribution is -0.122. The SMILES string of the molecule is CC(C)N1C(=O)C(N2C(=O)OCC2CN)c2cccc(F)c21. The van der Waals surface area contributed by atoms with Crippen molar-refractivity contribution in [2.45, 2.75) is 32.0 Å². The summed E-state index contributed by atoms with van der Waals surface area (Å²) in [5.74, 6) is -0.800. The molecule has 0 bridgehead atoms. The van der Waals surface area contributed by atoms with Crippen molar-refractivity contribution in [2.24, 2.45) is 5.73 Å². The summed E-state index contributed by atoms with van der Waals surface area (Å²) in [4.78, 5) is 27.6. The first-order valence-corrected chi connectivity index (χ1v) is 7.24. The van der Waals surface area contributed by atoms with Gasteiger partial charge in [-0.3, -0.25) is 9.69 Å². The molecule has 3 rings (SSSR count). The molecule has 2 aliphatic heterocycles. The van der Waals surface area contributed by atoms with Gasteiger partial charge < -0.3 is 15.4 Å². The Morgan fingerprint density at radius 1 is 1.41 bits per heavy atom. The van der Waals surface area contributed by atoms with Gasteiger partial charge in [0.1, 0.15) is 18.5 Å². The Kier molecular flexibility index (Phi) is 3.52. The molecule has 22 heavy (non-hydrogen) atoms. The van der Waals surface area contributed by atoms with Gasteiger partial charge in [0.2, 0.25) is 0 Å². The fourth-order valence-electron chi connectivity index (χ4n) is 3.13. The highest BCUT2D eigenvalue weighted by Gasteiger charge is 2.49. The number of cyclic esters (lactones) is 1. The number of carbonyl (C=O) groups is 2. The third-order valence-electron chi connectivity index (χ3n) is 4.09. The maximum Gasteiger partial charge on any atom is 0.411 e. The first-order chi connectivity index (χ1) is 10.5. The smallest absolute Gasteiger partial charge is 0.411 e. The van der Waals surface area contributed by atoms with E-state index in [1.54, 1.807) is 19.9 Å². The van der Waals surface area contributed by atoms with E-state index in [-0.39, 0.29) is 36.8 Å². The predicted molar refractivity (Wildman–Crippen MR) is 77.8 cm³/mol. The molecular formula is C15H18FN3O3. The van der Waals surface area contributed by atoms with Gasteiger partial charge in [-0.2, -0.15) is 0 Å². The Morgan fingerprint density at radius 3 is 2.77 bits per heavy atom. The molecule has 1 aromatic carbocycles. The van der Waals surface area contributed by atoms with Crippen molar-refractivity contribution in [1.82, 2.24) is 4.90 Å². The van der Waals surface area contributed by atoms with Crippen molar-refractivity contribution in [3.8, 4) is 0 Å². The van der Waals surface area contributed by atoms with E-state index >= 15 is 0 Å². The Bertz CT molecular complexity index is 634. The van der Waals surface area contributed by atoms with Crippen LogP contribution in [0.1, 0.15) is 25.5 Å². The number of anilines is 1. The van der Waals surface area contributed by atoms with Crippen LogP contribution in [0.15, 0.2) is 18.2 Å². The number of fused-ring (bicyclic) bond motifs is 1. The fraction of sp³-hybridized carbons (Fsp3) is 0.467. The molecule has 1 saturated heterocycles. The first kappa shape index (κ1) is 14.8. The Labute approximate surface area is 127 Å². The number of nitrogens with two attached hydrogens (primary N) is 1. The number of para-hydroxylation sites is 1. The molecule has 0 radical (unpaired) electrons. The molecule has 2 heterocycles. The van der Waals surface area contributed by atoms with Crippen LogP contribution in [0, 0.1) is 5.82 Å². The van der Waals surface area contributed by atoms with Gasteiger partial charge in [0.25, 0.3) is 5.91 Å². The summed E-state index contributed by atoms with van der Waals surface area (Å²) in [6, 6.07) is 3.04.